The number of guanidine groups is 1. The molecule has 0 heterocycles. The second-order valence-corrected chi connectivity index (χ2v) is 6.26. The molecular weight excluding hydrogens is 437 g/mol. The molecule has 0 amide bonds. The van der Waals surface area contributed by atoms with Gasteiger partial charge in [-0.3, -0.25) is 4.99 Å². The normalized spacial score (nSPS) is 12.4. The minimum absolute atomic E-state index is 0. The molecule has 0 fully saturated rings. The third-order valence-corrected chi connectivity index (χ3v) is 4.09. The van der Waals surface area contributed by atoms with Gasteiger partial charge in [-0.2, -0.15) is 0 Å². The number of aliphatic hydroxyl groups excluding tert-OH is 1. The molecule has 26 heavy (non-hydrogen) atoms. The van der Waals surface area contributed by atoms with Crippen LogP contribution in [0.2, 0.25) is 0 Å². The van der Waals surface area contributed by atoms with Gasteiger partial charge in [0.25, 0.3) is 0 Å². The lowest BCUT2D eigenvalue weighted by Gasteiger charge is -2.21. The number of hydrogen-bond acceptors (Lipinski definition) is 2. The molecule has 0 bridgehead atoms. The summed E-state index contributed by atoms with van der Waals surface area (Å²) >= 11 is 0. The van der Waals surface area contributed by atoms with Crippen molar-refractivity contribution >= 4 is 29.9 Å². The Bertz CT molecular complexity index is 595. The Morgan fingerprint density at radius 3 is 1.96 bits per heavy atom. The zero-order chi connectivity index (χ0) is 17.9. The van der Waals surface area contributed by atoms with Gasteiger partial charge in [0.05, 0.1) is 0 Å². The van der Waals surface area contributed by atoms with E-state index in [1.165, 1.54) is 11.1 Å². The fraction of sp³-hybridized carbons (Fsp3) is 0.381. The molecule has 0 aliphatic heterocycles. The van der Waals surface area contributed by atoms with Crippen molar-refractivity contribution in [3.8, 4) is 0 Å². The molecule has 0 saturated heterocycles. The van der Waals surface area contributed by atoms with Crippen LogP contribution < -0.4 is 10.6 Å². The maximum Gasteiger partial charge on any atom is 0.191 e. The average molecular weight is 467 g/mol. The predicted octanol–water partition coefficient (Wildman–Crippen LogP) is 3.62. The minimum atomic E-state index is 0. The summed E-state index contributed by atoms with van der Waals surface area (Å²) in [6, 6.07) is 21.0. The highest BCUT2D eigenvalue weighted by Gasteiger charge is 2.14. The number of rotatable bonds is 8. The second kappa shape index (κ2) is 12.7. The molecule has 0 aliphatic carbocycles. The van der Waals surface area contributed by atoms with E-state index in [0.29, 0.717) is 6.54 Å². The number of halogens is 1. The molecule has 0 spiro atoms. The number of nitrogens with zero attached hydrogens (tertiary/aromatic N) is 1. The van der Waals surface area contributed by atoms with Crippen LogP contribution in [0, 0.1) is 5.92 Å². The monoisotopic (exact) mass is 467 g/mol. The summed E-state index contributed by atoms with van der Waals surface area (Å²) < 4.78 is 0. The number of aliphatic hydroxyl groups is 1. The largest absolute Gasteiger partial charge is 0.396 e. The van der Waals surface area contributed by atoms with Crippen molar-refractivity contribution in [3.63, 3.8) is 0 Å². The smallest absolute Gasteiger partial charge is 0.191 e. The molecule has 142 valence electrons. The van der Waals surface area contributed by atoms with Gasteiger partial charge < -0.3 is 15.7 Å². The Balaban J connectivity index is 0.00000338. The van der Waals surface area contributed by atoms with Crippen molar-refractivity contribution in [2.45, 2.75) is 19.8 Å². The SMILES string of the molecule is CCNC(=NCC(C)CO)NCC(c1ccccc1)c1ccccc1.I. The van der Waals surface area contributed by atoms with Crippen LogP contribution in [0.25, 0.3) is 0 Å². The number of hydrogen-bond donors (Lipinski definition) is 3. The van der Waals surface area contributed by atoms with E-state index in [2.05, 4.69) is 71.1 Å². The first-order valence-corrected chi connectivity index (χ1v) is 8.97. The summed E-state index contributed by atoms with van der Waals surface area (Å²) in [5.74, 6) is 1.20. The first kappa shape index (κ1) is 22.4. The van der Waals surface area contributed by atoms with Gasteiger partial charge in [0.2, 0.25) is 0 Å². The zero-order valence-electron chi connectivity index (χ0n) is 15.6. The second-order valence-electron chi connectivity index (χ2n) is 6.26. The van der Waals surface area contributed by atoms with Crippen molar-refractivity contribution < 1.29 is 5.11 Å². The predicted molar refractivity (Wildman–Crippen MR) is 120 cm³/mol. The Hall–Kier alpha value is -1.60. The molecule has 5 heteroatoms. The maximum absolute atomic E-state index is 9.18. The molecule has 4 nitrogen and oxygen atoms in total. The fourth-order valence-corrected chi connectivity index (χ4v) is 2.64. The molecule has 0 radical (unpaired) electrons. The number of benzene rings is 2. The molecule has 2 aromatic rings. The Morgan fingerprint density at radius 1 is 0.962 bits per heavy atom. The Kier molecular flexibility index (Phi) is 11.0. The zero-order valence-corrected chi connectivity index (χ0v) is 17.9. The summed E-state index contributed by atoms with van der Waals surface area (Å²) in [7, 11) is 0. The van der Waals surface area contributed by atoms with Crippen molar-refractivity contribution in [2.24, 2.45) is 10.9 Å². The Morgan fingerprint density at radius 2 is 1.50 bits per heavy atom. The summed E-state index contributed by atoms with van der Waals surface area (Å²) in [5.41, 5.74) is 2.56. The van der Waals surface area contributed by atoms with Gasteiger partial charge >= 0.3 is 0 Å². The molecule has 3 N–H and O–H groups in total. The molecule has 2 rings (SSSR count). The van der Waals surface area contributed by atoms with Gasteiger partial charge in [-0.05, 0) is 24.0 Å². The van der Waals surface area contributed by atoms with Crippen molar-refractivity contribution in [1.82, 2.24) is 10.6 Å². The number of nitrogens with one attached hydrogen (secondary N) is 2. The molecule has 0 aliphatic rings. The van der Waals surface area contributed by atoms with E-state index < -0.39 is 0 Å². The van der Waals surface area contributed by atoms with Gasteiger partial charge in [0, 0.05) is 32.2 Å². The third-order valence-electron chi connectivity index (χ3n) is 4.09. The van der Waals surface area contributed by atoms with E-state index in [0.717, 1.165) is 19.0 Å². The van der Waals surface area contributed by atoms with E-state index in [1.807, 2.05) is 19.1 Å². The summed E-state index contributed by atoms with van der Waals surface area (Å²) in [6.45, 7) is 6.36. The minimum Gasteiger partial charge on any atom is -0.396 e. The maximum atomic E-state index is 9.18. The van der Waals surface area contributed by atoms with Crippen LogP contribution in [0.5, 0.6) is 0 Å². The Labute approximate surface area is 174 Å². The summed E-state index contributed by atoms with van der Waals surface area (Å²) in [5, 5.41) is 15.9. The molecule has 1 atom stereocenters. The molecular formula is C21H30IN3O. The van der Waals surface area contributed by atoms with Crippen molar-refractivity contribution in [1.29, 1.82) is 0 Å². The van der Waals surface area contributed by atoms with Crippen LogP contribution in [-0.4, -0.2) is 37.3 Å². The van der Waals surface area contributed by atoms with Crippen LogP contribution in [0.1, 0.15) is 30.9 Å². The van der Waals surface area contributed by atoms with Crippen LogP contribution in [0.15, 0.2) is 65.7 Å². The van der Waals surface area contributed by atoms with E-state index in [-0.39, 0.29) is 42.4 Å². The summed E-state index contributed by atoms with van der Waals surface area (Å²) in [6.07, 6.45) is 0. The van der Waals surface area contributed by atoms with Crippen LogP contribution in [0.4, 0.5) is 0 Å². The van der Waals surface area contributed by atoms with Crippen LogP contribution in [0.3, 0.4) is 0 Å². The number of aliphatic imine (C=N–C) groups is 1. The molecule has 0 saturated carbocycles. The van der Waals surface area contributed by atoms with Gasteiger partial charge in [-0.25, -0.2) is 0 Å². The molecule has 1 unspecified atom stereocenters. The summed E-state index contributed by atoms with van der Waals surface area (Å²) in [4.78, 5) is 4.58. The highest BCUT2D eigenvalue weighted by molar-refractivity contribution is 14.0. The van der Waals surface area contributed by atoms with Gasteiger partial charge in [-0.15, -0.1) is 24.0 Å². The average Bonchev–Trinajstić information content (AvgIpc) is 2.67. The quantitative estimate of drug-likeness (QED) is 0.316. The molecule has 2 aromatic carbocycles. The van der Waals surface area contributed by atoms with Crippen LogP contribution >= 0.6 is 24.0 Å². The lowest BCUT2D eigenvalue weighted by atomic mass is 9.91. The first-order valence-electron chi connectivity index (χ1n) is 8.97. The van der Waals surface area contributed by atoms with Crippen LogP contribution in [-0.2, 0) is 0 Å². The van der Waals surface area contributed by atoms with Gasteiger partial charge in [-0.1, -0.05) is 67.6 Å². The van der Waals surface area contributed by atoms with Gasteiger partial charge in [0.15, 0.2) is 5.96 Å². The highest BCUT2D eigenvalue weighted by atomic mass is 127. The van der Waals surface area contributed by atoms with E-state index >= 15 is 0 Å². The van der Waals surface area contributed by atoms with Crippen molar-refractivity contribution in [2.75, 3.05) is 26.2 Å². The fourth-order valence-electron chi connectivity index (χ4n) is 2.64. The first-order chi connectivity index (χ1) is 12.2. The highest BCUT2D eigenvalue weighted by Crippen LogP contribution is 2.23. The standard InChI is InChI=1S/C21H29N3O.HI/c1-3-22-21(23-14-17(2)16-25)24-15-20(18-10-6-4-7-11-18)19-12-8-5-9-13-19;/h4-13,17,20,25H,3,14-16H2,1-2H3,(H2,22,23,24);1H. The third kappa shape index (κ3) is 7.33. The van der Waals surface area contributed by atoms with Gasteiger partial charge in [0.1, 0.15) is 0 Å². The lowest BCUT2D eigenvalue weighted by Crippen LogP contribution is -2.40. The lowest BCUT2D eigenvalue weighted by molar-refractivity contribution is 0.241. The van der Waals surface area contributed by atoms with E-state index in [9.17, 15) is 5.11 Å². The van der Waals surface area contributed by atoms with E-state index in [1.54, 1.807) is 0 Å². The van der Waals surface area contributed by atoms with E-state index in [4.69, 9.17) is 0 Å². The van der Waals surface area contributed by atoms with Crippen molar-refractivity contribution in [3.05, 3.63) is 71.8 Å². The molecule has 0 aromatic heterocycles. The topological polar surface area (TPSA) is 56.7 Å².